The molecule has 5 N–H and O–H groups in total. The number of H-pyrrole nitrogens is 1. The molecule has 0 aliphatic carbocycles. The van der Waals surface area contributed by atoms with Crippen LogP contribution in [-0.2, 0) is 0 Å². The third-order valence-electron chi connectivity index (χ3n) is 1.91. The number of hydrogen-bond donors (Lipinski definition) is 3. The van der Waals surface area contributed by atoms with Crippen LogP contribution in [0.25, 0.3) is 0 Å². The Balaban J connectivity index is 2.62. The van der Waals surface area contributed by atoms with Crippen LogP contribution in [0.3, 0.4) is 0 Å². The normalized spacial score (nSPS) is 16.3. The number of nitrogens with one attached hydrogen (secondary N) is 1. The van der Waals surface area contributed by atoms with Gasteiger partial charge in [-0.3, -0.25) is 0 Å². The summed E-state index contributed by atoms with van der Waals surface area (Å²) < 4.78 is 0. The molecule has 0 saturated heterocycles. The van der Waals surface area contributed by atoms with Crippen LogP contribution in [0.2, 0.25) is 0 Å². The minimum absolute atomic E-state index is 0.0497. The Bertz CT molecular complexity index is 193. The smallest absolute Gasteiger partial charge is 0.0601 e. The zero-order chi connectivity index (χ0) is 8.27. The Morgan fingerprint density at radius 3 is 2.73 bits per heavy atom. The van der Waals surface area contributed by atoms with Gasteiger partial charge in [-0.15, -0.1) is 0 Å². The molecule has 0 saturated carbocycles. The second kappa shape index (κ2) is 3.55. The van der Waals surface area contributed by atoms with Crippen LogP contribution < -0.4 is 11.5 Å². The van der Waals surface area contributed by atoms with Gasteiger partial charge in [0.2, 0.25) is 0 Å². The average Bonchev–Trinajstić information content (AvgIpc) is 2.53. The summed E-state index contributed by atoms with van der Waals surface area (Å²) in [6.45, 7) is 2.04. The summed E-state index contributed by atoms with van der Waals surface area (Å²) >= 11 is 0. The highest BCUT2D eigenvalue weighted by Gasteiger charge is 2.13. The topological polar surface area (TPSA) is 67.8 Å². The molecule has 11 heavy (non-hydrogen) atoms. The number of aromatic amines is 1. The van der Waals surface area contributed by atoms with Crippen LogP contribution in [0.4, 0.5) is 0 Å². The first-order valence-corrected chi connectivity index (χ1v) is 3.90. The summed E-state index contributed by atoms with van der Waals surface area (Å²) in [5, 5.41) is 0. The van der Waals surface area contributed by atoms with Gasteiger partial charge in [0.15, 0.2) is 0 Å². The zero-order valence-corrected chi connectivity index (χ0v) is 6.75. The molecule has 0 aromatic carbocycles. The molecule has 1 heterocycles. The second-order valence-corrected chi connectivity index (χ2v) is 2.72. The monoisotopic (exact) mass is 153 g/mol. The van der Waals surface area contributed by atoms with Gasteiger partial charge < -0.3 is 16.5 Å². The van der Waals surface area contributed by atoms with Crippen molar-refractivity contribution in [3.05, 3.63) is 24.0 Å². The van der Waals surface area contributed by atoms with Gasteiger partial charge in [-0.05, 0) is 18.6 Å². The van der Waals surface area contributed by atoms with E-state index in [0.29, 0.717) is 0 Å². The summed E-state index contributed by atoms with van der Waals surface area (Å²) in [6, 6.07) is 3.88. The fourth-order valence-corrected chi connectivity index (χ4v) is 1.04. The van der Waals surface area contributed by atoms with Crippen molar-refractivity contribution in [1.82, 2.24) is 4.98 Å². The highest BCUT2D eigenvalue weighted by molar-refractivity contribution is 5.10. The quantitative estimate of drug-likeness (QED) is 0.600. The Labute approximate surface area is 66.8 Å². The second-order valence-electron chi connectivity index (χ2n) is 2.72. The van der Waals surface area contributed by atoms with Gasteiger partial charge in [0.25, 0.3) is 0 Å². The highest BCUT2D eigenvalue weighted by Crippen LogP contribution is 2.11. The Hall–Kier alpha value is -0.800. The first kappa shape index (κ1) is 8.30. The standard InChI is InChI=1S/C8H15N3/c1-2-6(9)8(10)7-4-3-5-11-7/h3-6,8,11H,2,9-10H2,1H3. The molecule has 3 heteroatoms. The highest BCUT2D eigenvalue weighted by atomic mass is 14.8. The van der Waals surface area contributed by atoms with Crippen LogP contribution in [0.5, 0.6) is 0 Å². The van der Waals surface area contributed by atoms with Crippen molar-refractivity contribution in [2.45, 2.75) is 25.4 Å². The van der Waals surface area contributed by atoms with E-state index in [0.717, 1.165) is 12.1 Å². The molecule has 3 nitrogen and oxygen atoms in total. The van der Waals surface area contributed by atoms with Crippen LogP contribution >= 0.6 is 0 Å². The van der Waals surface area contributed by atoms with Gasteiger partial charge in [0.05, 0.1) is 6.04 Å². The lowest BCUT2D eigenvalue weighted by molar-refractivity contribution is 0.524. The maximum atomic E-state index is 5.84. The molecular weight excluding hydrogens is 138 g/mol. The average molecular weight is 153 g/mol. The van der Waals surface area contributed by atoms with E-state index in [-0.39, 0.29) is 12.1 Å². The summed E-state index contributed by atoms with van der Waals surface area (Å²) in [4.78, 5) is 3.05. The van der Waals surface area contributed by atoms with E-state index >= 15 is 0 Å². The van der Waals surface area contributed by atoms with Gasteiger partial charge in [-0.2, -0.15) is 0 Å². The van der Waals surface area contributed by atoms with Gasteiger partial charge in [0.1, 0.15) is 0 Å². The maximum absolute atomic E-state index is 5.84. The summed E-state index contributed by atoms with van der Waals surface area (Å²) in [5.41, 5.74) is 12.6. The van der Waals surface area contributed by atoms with E-state index in [2.05, 4.69) is 4.98 Å². The third-order valence-corrected chi connectivity index (χ3v) is 1.91. The van der Waals surface area contributed by atoms with Crippen LogP contribution in [0.1, 0.15) is 25.1 Å². The molecule has 0 aliphatic heterocycles. The van der Waals surface area contributed by atoms with Crippen molar-refractivity contribution in [2.75, 3.05) is 0 Å². The SMILES string of the molecule is CCC(N)C(N)c1ccc[nH]1. The fourth-order valence-electron chi connectivity index (χ4n) is 1.04. The minimum atomic E-state index is -0.0602. The Morgan fingerprint density at radius 2 is 2.27 bits per heavy atom. The molecular formula is C8H15N3. The van der Waals surface area contributed by atoms with Crippen LogP contribution in [0.15, 0.2) is 18.3 Å². The van der Waals surface area contributed by atoms with E-state index < -0.39 is 0 Å². The lowest BCUT2D eigenvalue weighted by Crippen LogP contribution is -2.33. The first-order valence-electron chi connectivity index (χ1n) is 3.90. The van der Waals surface area contributed by atoms with E-state index in [4.69, 9.17) is 11.5 Å². The lowest BCUT2D eigenvalue weighted by Gasteiger charge is -2.16. The number of aromatic nitrogens is 1. The number of nitrogens with two attached hydrogens (primary N) is 2. The molecule has 0 aliphatic rings. The molecule has 2 atom stereocenters. The van der Waals surface area contributed by atoms with Crippen molar-refractivity contribution >= 4 is 0 Å². The van der Waals surface area contributed by atoms with Crippen molar-refractivity contribution in [1.29, 1.82) is 0 Å². The molecule has 0 radical (unpaired) electrons. The van der Waals surface area contributed by atoms with Crippen molar-refractivity contribution in [2.24, 2.45) is 11.5 Å². The minimum Gasteiger partial charge on any atom is -0.364 e. The van der Waals surface area contributed by atoms with E-state index in [1.54, 1.807) is 0 Å². The fraction of sp³-hybridized carbons (Fsp3) is 0.500. The molecule has 0 fully saturated rings. The summed E-state index contributed by atoms with van der Waals surface area (Å²) in [6.07, 6.45) is 2.76. The molecule has 0 amide bonds. The number of rotatable bonds is 3. The maximum Gasteiger partial charge on any atom is 0.0601 e. The zero-order valence-electron chi connectivity index (χ0n) is 6.75. The van der Waals surface area contributed by atoms with Gasteiger partial charge >= 0.3 is 0 Å². The Kier molecular flexibility index (Phi) is 2.68. The first-order chi connectivity index (χ1) is 5.25. The predicted octanol–water partition coefficient (Wildman–Crippen LogP) is 0.752. The summed E-state index contributed by atoms with van der Waals surface area (Å²) in [5.74, 6) is 0. The Morgan fingerprint density at radius 1 is 1.55 bits per heavy atom. The van der Waals surface area contributed by atoms with E-state index in [1.807, 2.05) is 25.3 Å². The largest absolute Gasteiger partial charge is 0.364 e. The molecule has 1 rings (SSSR count). The van der Waals surface area contributed by atoms with Crippen molar-refractivity contribution in [3.63, 3.8) is 0 Å². The van der Waals surface area contributed by atoms with Crippen LogP contribution in [-0.4, -0.2) is 11.0 Å². The molecule has 1 aromatic heterocycles. The van der Waals surface area contributed by atoms with Gasteiger partial charge in [-0.25, -0.2) is 0 Å². The lowest BCUT2D eigenvalue weighted by atomic mass is 10.1. The van der Waals surface area contributed by atoms with Gasteiger partial charge in [0, 0.05) is 17.9 Å². The summed E-state index contributed by atoms with van der Waals surface area (Å²) in [7, 11) is 0. The number of hydrogen-bond acceptors (Lipinski definition) is 2. The van der Waals surface area contributed by atoms with Crippen LogP contribution in [0, 0.1) is 0 Å². The predicted molar refractivity (Wildman–Crippen MR) is 46.0 cm³/mol. The molecule has 0 bridgehead atoms. The van der Waals surface area contributed by atoms with Crippen molar-refractivity contribution in [3.8, 4) is 0 Å². The van der Waals surface area contributed by atoms with E-state index in [1.165, 1.54) is 0 Å². The molecule has 0 spiro atoms. The third kappa shape index (κ3) is 1.82. The molecule has 1 aromatic rings. The molecule has 2 unspecified atom stereocenters. The van der Waals surface area contributed by atoms with E-state index in [9.17, 15) is 0 Å². The molecule has 62 valence electrons. The van der Waals surface area contributed by atoms with Gasteiger partial charge in [-0.1, -0.05) is 6.92 Å². The van der Waals surface area contributed by atoms with Crippen molar-refractivity contribution < 1.29 is 0 Å².